The Kier molecular flexibility index (Phi) is 2.25. The third-order valence-corrected chi connectivity index (χ3v) is 2.16. The number of halogens is 1. The molecular weight excluding hydrogens is 202 g/mol. The fraction of sp³-hybridized carbons (Fsp3) is 0.375. The molecule has 2 aromatic rings. The summed E-state index contributed by atoms with van der Waals surface area (Å²) in [6.45, 7) is 4.12. The minimum atomic E-state index is 0.332. The van der Waals surface area contributed by atoms with Crippen LogP contribution >= 0.6 is 11.6 Å². The van der Waals surface area contributed by atoms with E-state index in [2.05, 4.69) is 29.1 Å². The zero-order chi connectivity index (χ0) is 10.1. The van der Waals surface area contributed by atoms with Crippen molar-refractivity contribution in [2.45, 2.75) is 19.9 Å². The molecule has 0 aliphatic heterocycles. The summed E-state index contributed by atoms with van der Waals surface area (Å²) in [6, 6.07) is 0.332. The van der Waals surface area contributed by atoms with E-state index in [0.717, 1.165) is 5.69 Å². The lowest BCUT2D eigenvalue weighted by Gasteiger charge is -2.03. The number of rotatable bonds is 2. The third kappa shape index (κ3) is 1.50. The Labute approximate surface area is 86.3 Å². The number of aromatic nitrogens is 5. The van der Waals surface area contributed by atoms with Crippen LogP contribution in [0.4, 0.5) is 0 Å². The fourth-order valence-electron chi connectivity index (χ4n) is 1.13. The molecule has 6 heteroatoms. The Bertz CT molecular complexity index is 430. The molecule has 0 spiro atoms. The van der Waals surface area contributed by atoms with Crippen molar-refractivity contribution in [3.63, 3.8) is 0 Å². The lowest BCUT2D eigenvalue weighted by atomic mass is 10.4. The van der Waals surface area contributed by atoms with Gasteiger partial charge in [-0.3, -0.25) is 9.25 Å². The van der Waals surface area contributed by atoms with Crippen molar-refractivity contribution in [3.8, 4) is 5.69 Å². The van der Waals surface area contributed by atoms with Gasteiger partial charge < -0.3 is 0 Å². The smallest absolute Gasteiger partial charge is 0.229 e. The Balaban J connectivity index is 2.39. The van der Waals surface area contributed by atoms with Crippen LogP contribution in [0.15, 0.2) is 18.7 Å². The molecule has 14 heavy (non-hydrogen) atoms. The Hall–Kier alpha value is -1.36. The number of nitrogens with zero attached hydrogens (tertiary/aromatic N) is 5. The monoisotopic (exact) mass is 211 g/mol. The van der Waals surface area contributed by atoms with Gasteiger partial charge in [-0.2, -0.15) is 5.10 Å². The first-order valence-electron chi connectivity index (χ1n) is 4.28. The van der Waals surface area contributed by atoms with Crippen LogP contribution in [0, 0.1) is 0 Å². The molecule has 5 nitrogen and oxygen atoms in total. The predicted octanol–water partition coefficient (Wildman–Crippen LogP) is 1.70. The van der Waals surface area contributed by atoms with Gasteiger partial charge >= 0.3 is 0 Å². The first kappa shape index (κ1) is 9.21. The van der Waals surface area contributed by atoms with E-state index in [-0.39, 0.29) is 0 Å². The molecule has 0 aromatic carbocycles. The van der Waals surface area contributed by atoms with Gasteiger partial charge in [-0.25, -0.2) is 0 Å². The fourth-order valence-corrected chi connectivity index (χ4v) is 1.31. The maximum Gasteiger partial charge on any atom is 0.229 e. The molecule has 0 fully saturated rings. The summed E-state index contributed by atoms with van der Waals surface area (Å²) in [5.41, 5.74) is 0.869. The average Bonchev–Trinajstić information content (AvgIpc) is 2.71. The SMILES string of the molecule is CC(C)n1cc(-n2cnnc2Cl)cn1. The first-order valence-corrected chi connectivity index (χ1v) is 4.66. The molecule has 2 aromatic heterocycles. The van der Waals surface area contributed by atoms with Crippen LogP contribution in [0.3, 0.4) is 0 Å². The second kappa shape index (κ2) is 3.42. The lowest BCUT2D eigenvalue weighted by molar-refractivity contribution is 0.532. The highest BCUT2D eigenvalue weighted by Crippen LogP contribution is 2.13. The van der Waals surface area contributed by atoms with Crippen molar-refractivity contribution in [1.82, 2.24) is 24.5 Å². The highest BCUT2D eigenvalue weighted by atomic mass is 35.5. The minimum Gasteiger partial charge on any atom is -0.269 e. The summed E-state index contributed by atoms with van der Waals surface area (Å²) in [5, 5.41) is 11.9. The maximum absolute atomic E-state index is 5.82. The van der Waals surface area contributed by atoms with E-state index in [9.17, 15) is 0 Å². The summed E-state index contributed by atoms with van der Waals surface area (Å²) in [7, 11) is 0. The summed E-state index contributed by atoms with van der Waals surface area (Å²) >= 11 is 5.82. The van der Waals surface area contributed by atoms with Gasteiger partial charge in [-0.1, -0.05) is 0 Å². The molecule has 74 valence electrons. The van der Waals surface area contributed by atoms with Gasteiger partial charge in [0.15, 0.2) is 0 Å². The molecule has 0 aliphatic carbocycles. The van der Waals surface area contributed by atoms with Crippen molar-refractivity contribution in [2.24, 2.45) is 0 Å². The van der Waals surface area contributed by atoms with Crippen molar-refractivity contribution in [1.29, 1.82) is 0 Å². The Morgan fingerprint density at radius 3 is 2.71 bits per heavy atom. The van der Waals surface area contributed by atoms with E-state index in [1.54, 1.807) is 17.1 Å². The summed E-state index contributed by atoms with van der Waals surface area (Å²) in [5.74, 6) is 0. The summed E-state index contributed by atoms with van der Waals surface area (Å²) in [4.78, 5) is 0. The van der Waals surface area contributed by atoms with Crippen LogP contribution in [-0.4, -0.2) is 24.5 Å². The average molecular weight is 212 g/mol. The van der Waals surface area contributed by atoms with E-state index in [1.807, 2.05) is 10.9 Å². The maximum atomic E-state index is 5.82. The van der Waals surface area contributed by atoms with E-state index in [1.165, 1.54) is 0 Å². The van der Waals surface area contributed by atoms with Crippen molar-refractivity contribution in [2.75, 3.05) is 0 Å². The van der Waals surface area contributed by atoms with Crippen LogP contribution in [0.5, 0.6) is 0 Å². The molecule has 2 rings (SSSR count). The van der Waals surface area contributed by atoms with Crippen LogP contribution in [-0.2, 0) is 0 Å². The molecule has 0 bridgehead atoms. The molecule has 0 saturated carbocycles. The summed E-state index contributed by atoms with van der Waals surface area (Å²) in [6.07, 6.45) is 5.19. The van der Waals surface area contributed by atoms with Crippen LogP contribution in [0.25, 0.3) is 5.69 Å². The molecule has 0 unspecified atom stereocenters. The summed E-state index contributed by atoms with van der Waals surface area (Å²) < 4.78 is 3.53. The highest BCUT2D eigenvalue weighted by Gasteiger charge is 2.06. The second-order valence-corrected chi connectivity index (χ2v) is 3.58. The molecular formula is C8H10ClN5. The molecule has 0 atom stereocenters. The normalized spacial score (nSPS) is 11.1. The van der Waals surface area contributed by atoms with E-state index in [4.69, 9.17) is 11.6 Å². The standard InChI is InChI=1S/C8H10ClN5/c1-6(2)14-4-7(3-11-14)13-5-10-12-8(13)9/h3-6H,1-2H3. The Morgan fingerprint density at radius 2 is 2.21 bits per heavy atom. The van der Waals surface area contributed by atoms with Crippen molar-refractivity contribution < 1.29 is 0 Å². The molecule has 2 heterocycles. The van der Waals surface area contributed by atoms with Crippen LogP contribution < -0.4 is 0 Å². The van der Waals surface area contributed by atoms with Gasteiger partial charge in [0.25, 0.3) is 0 Å². The number of hydrogen-bond donors (Lipinski definition) is 0. The van der Waals surface area contributed by atoms with Gasteiger partial charge in [-0.15, -0.1) is 10.2 Å². The zero-order valence-corrected chi connectivity index (χ0v) is 8.68. The minimum absolute atomic E-state index is 0.332. The van der Waals surface area contributed by atoms with Crippen molar-refractivity contribution in [3.05, 3.63) is 24.0 Å². The topological polar surface area (TPSA) is 48.5 Å². The van der Waals surface area contributed by atoms with E-state index >= 15 is 0 Å². The third-order valence-electron chi connectivity index (χ3n) is 1.90. The van der Waals surface area contributed by atoms with E-state index in [0.29, 0.717) is 11.3 Å². The van der Waals surface area contributed by atoms with Gasteiger partial charge in [0.05, 0.1) is 11.9 Å². The number of hydrogen-bond acceptors (Lipinski definition) is 3. The van der Waals surface area contributed by atoms with Crippen LogP contribution in [0.2, 0.25) is 5.28 Å². The first-order chi connectivity index (χ1) is 6.68. The highest BCUT2D eigenvalue weighted by molar-refractivity contribution is 6.28. The largest absolute Gasteiger partial charge is 0.269 e. The van der Waals surface area contributed by atoms with E-state index < -0.39 is 0 Å². The second-order valence-electron chi connectivity index (χ2n) is 3.24. The van der Waals surface area contributed by atoms with Crippen molar-refractivity contribution >= 4 is 11.6 Å². The molecule has 0 saturated heterocycles. The molecule has 0 amide bonds. The Morgan fingerprint density at radius 1 is 1.43 bits per heavy atom. The molecule has 0 N–H and O–H groups in total. The van der Waals surface area contributed by atoms with Gasteiger partial charge in [0, 0.05) is 12.2 Å². The van der Waals surface area contributed by atoms with Gasteiger partial charge in [-0.05, 0) is 25.4 Å². The molecule has 0 aliphatic rings. The van der Waals surface area contributed by atoms with Gasteiger partial charge in [0.2, 0.25) is 5.28 Å². The molecule has 0 radical (unpaired) electrons. The predicted molar refractivity (Wildman–Crippen MR) is 52.5 cm³/mol. The lowest BCUT2D eigenvalue weighted by Crippen LogP contribution is -2.00. The quantitative estimate of drug-likeness (QED) is 0.760. The zero-order valence-electron chi connectivity index (χ0n) is 7.92. The van der Waals surface area contributed by atoms with Crippen LogP contribution in [0.1, 0.15) is 19.9 Å². The van der Waals surface area contributed by atoms with Gasteiger partial charge in [0.1, 0.15) is 6.33 Å².